The quantitative estimate of drug-likeness (QED) is 0.804. The smallest absolute Gasteiger partial charge is 0.238 e. The molecule has 3 rings (SSSR count). The summed E-state index contributed by atoms with van der Waals surface area (Å²) in [6, 6.07) is 10.5. The topological polar surface area (TPSA) is 34.5 Å². The first-order chi connectivity index (χ1) is 10.9. The van der Waals surface area contributed by atoms with Crippen LogP contribution >= 0.6 is 11.6 Å². The van der Waals surface area contributed by atoms with Gasteiger partial charge in [-0.15, -0.1) is 11.6 Å². The van der Waals surface area contributed by atoms with E-state index in [1.807, 2.05) is 24.1 Å². The molecule has 1 aromatic heterocycles. The van der Waals surface area contributed by atoms with Gasteiger partial charge in [-0.25, -0.2) is 0 Å². The zero-order valence-electron chi connectivity index (χ0n) is 13.9. The number of rotatable bonds is 4. The van der Waals surface area contributed by atoms with Gasteiger partial charge in [0, 0.05) is 18.3 Å². The molecule has 1 atom stereocenters. The van der Waals surface area contributed by atoms with Crippen molar-refractivity contribution in [2.75, 3.05) is 12.5 Å². The van der Waals surface area contributed by atoms with E-state index in [1.54, 1.807) is 0 Å². The third-order valence-electron chi connectivity index (χ3n) is 4.65. The molecule has 1 aliphatic heterocycles. The van der Waals surface area contributed by atoms with Crippen LogP contribution < -0.4 is 0 Å². The number of alkyl halides is 1. The van der Waals surface area contributed by atoms with Crippen molar-refractivity contribution < 1.29 is 9.53 Å². The van der Waals surface area contributed by atoms with Crippen molar-refractivity contribution in [1.82, 2.24) is 9.47 Å². The second-order valence-electron chi connectivity index (χ2n) is 6.84. The van der Waals surface area contributed by atoms with E-state index >= 15 is 0 Å². The predicted octanol–water partition coefficient (Wildman–Crippen LogP) is 3.31. The predicted molar refractivity (Wildman–Crippen MR) is 92.6 cm³/mol. The third kappa shape index (κ3) is 3.24. The van der Waals surface area contributed by atoms with Crippen molar-refractivity contribution in [3.63, 3.8) is 0 Å². The van der Waals surface area contributed by atoms with Crippen LogP contribution in [0.25, 0.3) is 10.9 Å². The highest BCUT2D eigenvalue weighted by molar-refractivity contribution is 6.27. The Morgan fingerprint density at radius 1 is 1.43 bits per heavy atom. The van der Waals surface area contributed by atoms with Gasteiger partial charge in [0.15, 0.2) is 0 Å². The van der Waals surface area contributed by atoms with Crippen LogP contribution in [-0.4, -0.2) is 39.5 Å². The standard InChI is InChI=1S/C18H23ClN2O2/c1-18(2)9-15(12-23-18)21(17(22)10-19)11-14-8-13-6-4-5-7-16(13)20(14)3/h4-8,15H,9-12H2,1-3H3. The first-order valence-electron chi connectivity index (χ1n) is 7.94. The van der Waals surface area contributed by atoms with Gasteiger partial charge in [-0.1, -0.05) is 18.2 Å². The highest BCUT2D eigenvalue weighted by atomic mass is 35.5. The van der Waals surface area contributed by atoms with Crippen LogP contribution in [0.1, 0.15) is 26.0 Å². The van der Waals surface area contributed by atoms with E-state index in [0.717, 1.165) is 12.1 Å². The summed E-state index contributed by atoms with van der Waals surface area (Å²) in [4.78, 5) is 14.2. The fourth-order valence-electron chi connectivity index (χ4n) is 3.38. The zero-order valence-corrected chi connectivity index (χ0v) is 14.6. The van der Waals surface area contributed by atoms with E-state index < -0.39 is 0 Å². The minimum atomic E-state index is -0.186. The largest absolute Gasteiger partial charge is 0.373 e. The summed E-state index contributed by atoms with van der Waals surface area (Å²) in [6.07, 6.45) is 0.833. The van der Waals surface area contributed by atoms with E-state index in [9.17, 15) is 4.79 Å². The molecule has 1 aliphatic rings. The van der Waals surface area contributed by atoms with Gasteiger partial charge < -0.3 is 14.2 Å². The number of fused-ring (bicyclic) bond motifs is 1. The Morgan fingerprint density at radius 3 is 2.78 bits per heavy atom. The molecule has 1 amide bonds. The molecule has 0 spiro atoms. The third-order valence-corrected chi connectivity index (χ3v) is 4.88. The highest BCUT2D eigenvalue weighted by Gasteiger charge is 2.37. The van der Waals surface area contributed by atoms with Gasteiger partial charge in [-0.2, -0.15) is 0 Å². The van der Waals surface area contributed by atoms with Gasteiger partial charge in [0.05, 0.1) is 24.8 Å². The molecule has 1 saturated heterocycles. The number of benzene rings is 1. The SMILES string of the molecule is Cn1c(CN(C(=O)CCl)C2COC(C)(C)C2)cc2ccccc21. The number of hydrogen-bond donors (Lipinski definition) is 0. The molecule has 5 heteroatoms. The average Bonchev–Trinajstić information content (AvgIpc) is 3.04. The summed E-state index contributed by atoms with van der Waals surface area (Å²) in [7, 11) is 2.04. The van der Waals surface area contributed by atoms with Crippen molar-refractivity contribution in [2.24, 2.45) is 7.05 Å². The minimum Gasteiger partial charge on any atom is -0.373 e. The number of hydrogen-bond acceptors (Lipinski definition) is 2. The van der Waals surface area contributed by atoms with E-state index in [2.05, 4.69) is 36.6 Å². The Hall–Kier alpha value is -1.52. The molecular formula is C18H23ClN2O2. The normalized spacial score (nSPS) is 20.1. The number of nitrogens with zero attached hydrogens (tertiary/aromatic N) is 2. The van der Waals surface area contributed by atoms with Gasteiger partial charge >= 0.3 is 0 Å². The Balaban J connectivity index is 1.88. The number of aryl methyl sites for hydroxylation is 1. The van der Waals surface area contributed by atoms with Crippen LogP contribution in [0.3, 0.4) is 0 Å². The molecule has 23 heavy (non-hydrogen) atoms. The molecule has 0 radical (unpaired) electrons. The molecular weight excluding hydrogens is 312 g/mol. The Morgan fingerprint density at radius 2 is 2.17 bits per heavy atom. The van der Waals surface area contributed by atoms with Crippen molar-refractivity contribution in [2.45, 2.75) is 38.5 Å². The maximum Gasteiger partial charge on any atom is 0.238 e. The molecule has 0 bridgehead atoms. The number of carbonyl (C=O) groups is 1. The van der Waals surface area contributed by atoms with Gasteiger partial charge in [-0.05, 0) is 37.8 Å². The van der Waals surface area contributed by atoms with E-state index in [-0.39, 0.29) is 23.4 Å². The molecule has 1 aromatic carbocycles. The second-order valence-corrected chi connectivity index (χ2v) is 7.10. The molecule has 0 aliphatic carbocycles. The van der Waals surface area contributed by atoms with E-state index in [1.165, 1.54) is 10.9 Å². The number of para-hydroxylation sites is 1. The lowest BCUT2D eigenvalue weighted by molar-refractivity contribution is -0.131. The number of amides is 1. The Kier molecular flexibility index (Phi) is 4.39. The Bertz CT molecular complexity index is 723. The summed E-state index contributed by atoms with van der Waals surface area (Å²) < 4.78 is 7.96. The number of carbonyl (C=O) groups excluding carboxylic acids is 1. The lowest BCUT2D eigenvalue weighted by Gasteiger charge is -2.28. The maximum atomic E-state index is 12.4. The highest BCUT2D eigenvalue weighted by Crippen LogP contribution is 2.30. The zero-order chi connectivity index (χ0) is 16.6. The van der Waals surface area contributed by atoms with Gasteiger partial charge in [0.2, 0.25) is 5.91 Å². The van der Waals surface area contributed by atoms with E-state index in [0.29, 0.717) is 13.2 Å². The first kappa shape index (κ1) is 16.3. The van der Waals surface area contributed by atoms with Crippen molar-refractivity contribution in [3.05, 3.63) is 36.0 Å². The van der Waals surface area contributed by atoms with Crippen molar-refractivity contribution >= 4 is 28.4 Å². The van der Waals surface area contributed by atoms with Crippen LogP contribution in [0.2, 0.25) is 0 Å². The second kappa shape index (κ2) is 6.17. The Labute approximate surface area is 142 Å². The van der Waals surface area contributed by atoms with Crippen LogP contribution in [-0.2, 0) is 23.1 Å². The molecule has 0 N–H and O–H groups in total. The van der Waals surface area contributed by atoms with Gasteiger partial charge in [0.1, 0.15) is 5.88 Å². The number of halogens is 1. The molecule has 124 valence electrons. The summed E-state index contributed by atoms with van der Waals surface area (Å²) in [5.41, 5.74) is 2.09. The van der Waals surface area contributed by atoms with Crippen LogP contribution in [0.4, 0.5) is 0 Å². The van der Waals surface area contributed by atoms with Gasteiger partial charge in [0.25, 0.3) is 0 Å². The van der Waals surface area contributed by atoms with Crippen LogP contribution in [0.5, 0.6) is 0 Å². The molecule has 2 heterocycles. The number of ether oxygens (including phenoxy) is 1. The average molecular weight is 335 g/mol. The van der Waals surface area contributed by atoms with Crippen molar-refractivity contribution in [3.8, 4) is 0 Å². The molecule has 2 aromatic rings. The fraction of sp³-hybridized carbons (Fsp3) is 0.500. The summed E-state index contributed by atoms with van der Waals surface area (Å²) in [6.45, 7) is 5.25. The molecule has 1 unspecified atom stereocenters. The lowest BCUT2D eigenvalue weighted by Crippen LogP contribution is -2.41. The van der Waals surface area contributed by atoms with Gasteiger partial charge in [-0.3, -0.25) is 4.79 Å². The molecule has 4 nitrogen and oxygen atoms in total. The van der Waals surface area contributed by atoms with Crippen LogP contribution in [0.15, 0.2) is 30.3 Å². The summed E-state index contributed by atoms with van der Waals surface area (Å²) in [5, 5.41) is 1.19. The first-order valence-corrected chi connectivity index (χ1v) is 8.47. The van der Waals surface area contributed by atoms with E-state index in [4.69, 9.17) is 16.3 Å². The fourth-order valence-corrected chi connectivity index (χ4v) is 3.53. The van der Waals surface area contributed by atoms with Crippen molar-refractivity contribution in [1.29, 1.82) is 0 Å². The summed E-state index contributed by atoms with van der Waals surface area (Å²) in [5.74, 6) is -0.0378. The monoisotopic (exact) mass is 334 g/mol. The number of aromatic nitrogens is 1. The maximum absolute atomic E-state index is 12.4. The summed E-state index contributed by atoms with van der Waals surface area (Å²) >= 11 is 5.84. The molecule has 1 fully saturated rings. The molecule has 0 saturated carbocycles. The van der Waals surface area contributed by atoms with Crippen LogP contribution in [0, 0.1) is 0 Å². The minimum absolute atomic E-state index is 0.000864. The lowest BCUT2D eigenvalue weighted by atomic mass is 10.0.